The van der Waals surface area contributed by atoms with Crippen molar-refractivity contribution in [3.63, 3.8) is 0 Å². The first-order valence-electron chi connectivity index (χ1n) is 19.3. The van der Waals surface area contributed by atoms with E-state index in [0.717, 1.165) is 48.0 Å². The van der Waals surface area contributed by atoms with Gasteiger partial charge >= 0.3 is 0 Å². The molecule has 1 N–H and O–H groups in total. The van der Waals surface area contributed by atoms with Gasteiger partial charge in [-0.2, -0.15) is 0 Å². The van der Waals surface area contributed by atoms with Gasteiger partial charge in [0.25, 0.3) is 0 Å². The lowest BCUT2D eigenvalue weighted by atomic mass is 10.1. The molecule has 0 unspecified atom stereocenters. The maximum absolute atomic E-state index is 8.44. The van der Waals surface area contributed by atoms with Gasteiger partial charge in [0.2, 0.25) is 11.1 Å². The standard InChI is InChI=1S/C42H63O3S.CH2O3/c1-4-7-10-13-16-25-32-43-37-35-40(44-33-26-17-14-11-8-5-2)42(41(36-37)45-34-27-18-15-12-9-6-3)46(38-28-21-19-22-29-38)39-30-23-20-24-31-39;2-1(3)4/h19-24,28-31,35-36H,4-18,25-27,32-34H2,1-3H3;(H2,2,3,4)/q+1;/p-1. The summed E-state index contributed by atoms with van der Waals surface area (Å²) in [5, 5.41) is 15.3. The maximum Gasteiger partial charge on any atom is 0.250 e. The van der Waals surface area contributed by atoms with Crippen LogP contribution >= 0.6 is 0 Å². The summed E-state index contributed by atoms with van der Waals surface area (Å²) >= 11 is 0. The van der Waals surface area contributed by atoms with Crippen LogP contribution in [0.5, 0.6) is 17.2 Å². The molecule has 0 aliphatic rings. The molecule has 3 aromatic carbocycles. The molecule has 0 heterocycles. The Kier molecular flexibility index (Phi) is 24.3. The van der Waals surface area contributed by atoms with E-state index >= 15 is 0 Å². The van der Waals surface area contributed by atoms with Crippen LogP contribution in [0.1, 0.15) is 136 Å². The van der Waals surface area contributed by atoms with Gasteiger partial charge in [-0.25, -0.2) is 0 Å². The van der Waals surface area contributed by atoms with Gasteiger partial charge in [-0.05, 0) is 43.5 Å². The Morgan fingerprint density at radius 3 is 1.22 bits per heavy atom. The Balaban J connectivity index is 0.00000205. The van der Waals surface area contributed by atoms with Crippen LogP contribution in [0.15, 0.2) is 87.5 Å². The zero-order valence-electron chi connectivity index (χ0n) is 31.2. The zero-order chi connectivity index (χ0) is 36.1. The van der Waals surface area contributed by atoms with E-state index in [1.54, 1.807) is 0 Å². The first kappa shape index (κ1) is 42.8. The molecule has 6 nitrogen and oxygen atoms in total. The van der Waals surface area contributed by atoms with Crippen molar-refractivity contribution in [1.82, 2.24) is 0 Å². The smallest absolute Gasteiger partial charge is 0.250 e. The number of rotatable bonds is 27. The molecule has 7 heteroatoms. The Morgan fingerprint density at radius 2 is 0.860 bits per heavy atom. The van der Waals surface area contributed by atoms with E-state index in [9.17, 15) is 0 Å². The van der Waals surface area contributed by atoms with Crippen LogP contribution in [0, 0.1) is 0 Å². The largest absolute Gasteiger partial charge is 0.565 e. The highest BCUT2D eigenvalue weighted by Gasteiger charge is 2.37. The van der Waals surface area contributed by atoms with Crippen molar-refractivity contribution < 1.29 is 29.2 Å². The quantitative estimate of drug-likeness (QED) is 0.0626. The molecular formula is C43H64O6S. The summed E-state index contributed by atoms with van der Waals surface area (Å²) in [6.45, 7) is 8.95. The van der Waals surface area contributed by atoms with Gasteiger partial charge < -0.3 is 29.2 Å². The number of unbranched alkanes of at least 4 members (excludes halogenated alkanes) is 15. The Hall–Kier alpha value is -3.32. The Labute approximate surface area is 306 Å². The van der Waals surface area contributed by atoms with Gasteiger partial charge in [-0.15, -0.1) is 0 Å². The van der Waals surface area contributed by atoms with Crippen molar-refractivity contribution in [2.24, 2.45) is 0 Å². The molecule has 3 rings (SSSR count). The zero-order valence-corrected chi connectivity index (χ0v) is 32.0. The van der Waals surface area contributed by atoms with Crippen LogP contribution in [0.4, 0.5) is 4.79 Å². The normalized spacial score (nSPS) is 10.8. The molecule has 278 valence electrons. The molecule has 0 radical (unpaired) electrons. The van der Waals surface area contributed by atoms with Crippen LogP contribution in [0.3, 0.4) is 0 Å². The average Bonchev–Trinajstić information content (AvgIpc) is 3.12. The van der Waals surface area contributed by atoms with Gasteiger partial charge in [0.15, 0.2) is 21.3 Å². The van der Waals surface area contributed by atoms with Crippen LogP contribution in [0.25, 0.3) is 0 Å². The predicted molar refractivity (Wildman–Crippen MR) is 206 cm³/mol. The highest BCUT2D eigenvalue weighted by atomic mass is 32.2. The summed E-state index contributed by atoms with van der Waals surface area (Å²) < 4.78 is 19.9. The minimum atomic E-state index is -2.08. The van der Waals surface area contributed by atoms with E-state index < -0.39 is 6.16 Å². The summed E-state index contributed by atoms with van der Waals surface area (Å²) in [6, 6.07) is 26.0. The summed E-state index contributed by atoms with van der Waals surface area (Å²) in [5.41, 5.74) is 0. The van der Waals surface area contributed by atoms with Crippen molar-refractivity contribution >= 4 is 17.1 Å². The van der Waals surface area contributed by atoms with Crippen LogP contribution in [-0.2, 0) is 10.9 Å². The second-order valence-electron chi connectivity index (χ2n) is 12.8. The number of carboxylic acid groups (broad SMARTS) is 2. The van der Waals surface area contributed by atoms with E-state index in [1.807, 2.05) is 0 Å². The topological polar surface area (TPSA) is 88.1 Å². The van der Waals surface area contributed by atoms with Gasteiger partial charge in [0.1, 0.15) is 16.6 Å². The van der Waals surface area contributed by atoms with E-state index in [1.165, 1.54) is 106 Å². The Bertz CT molecular complexity index is 1170. The third-order valence-corrected chi connectivity index (χ3v) is 10.7. The summed E-state index contributed by atoms with van der Waals surface area (Å²) in [5.74, 6) is 2.67. The summed E-state index contributed by atoms with van der Waals surface area (Å²) in [6.07, 6.45) is 20.3. The van der Waals surface area contributed by atoms with Crippen LogP contribution < -0.4 is 19.3 Å². The second-order valence-corrected chi connectivity index (χ2v) is 14.8. The minimum Gasteiger partial charge on any atom is -0.565 e. The van der Waals surface area contributed by atoms with Gasteiger partial charge in [0.05, 0.1) is 19.8 Å². The third-order valence-electron chi connectivity index (χ3n) is 8.43. The molecule has 0 aromatic heterocycles. The van der Waals surface area contributed by atoms with E-state index in [0.29, 0.717) is 13.2 Å². The number of hydrogen-bond donors (Lipinski definition) is 1. The number of benzene rings is 3. The van der Waals surface area contributed by atoms with Crippen molar-refractivity contribution in [1.29, 1.82) is 0 Å². The molecule has 0 amide bonds. The molecule has 0 saturated heterocycles. The molecule has 0 saturated carbocycles. The summed E-state index contributed by atoms with van der Waals surface area (Å²) in [4.78, 5) is 12.1. The molecule has 0 aliphatic carbocycles. The fourth-order valence-corrected chi connectivity index (χ4v) is 7.98. The summed E-state index contributed by atoms with van der Waals surface area (Å²) in [7, 11) is -0.387. The van der Waals surface area contributed by atoms with E-state index in [4.69, 9.17) is 29.2 Å². The van der Waals surface area contributed by atoms with Crippen LogP contribution in [-0.4, -0.2) is 31.1 Å². The lowest BCUT2D eigenvalue weighted by molar-refractivity contribution is -0.275. The van der Waals surface area contributed by atoms with Crippen molar-refractivity contribution in [2.45, 2.75) is 151 Å². The number of ether oxygens (including phenoxy) is 3. The average molecular weight is 709 g/mol. The molecule has 0 atom stereocenters. The maximum atomic E-state index is 8.44. The van der Waals surface area contributed by atoms with E-state index in [2.05, 4.69) is 93.6 Å². The SMILES string of the molecule is CCCCCCCCOc1cc(OCCCCCCCC)c([S+](c2ccccc2)c2ccccc2)c(OCCCCCCCC)c1.O=C([O-])O. The van der Waals surface area contributed by atoms with Gasteiger partial charge in [-0.1, -0.05) is 153 Å². The first-order valence-corrected chi connectivity index (χ1v) is 20.5. The fourth-order valence-electron chi connectivity index (χ4n) is 5.74. The molecule has 0 bridgehead atoms. The minimum absolute atomic E-state index is 0.387. The van der Waals surface area contributed by atoms with E-state index in [-0.39, 0.29) is 10.9 Å². The molecule has 0 aliphatic heterocycles. The lowest BCUT2D eigenvalue weighted by Gasteiger charge is -2.19. The Morgan fingerprint density at radius 1 is 0.540 bits per heavy atom. The van der Waals surface area contributed by atoms with Crippen molar-refractivity contribution in [2.75, 3.05) is 19.8 Å². The molecule has 0 spiro atoms. The first-order chi connectivity index (χ1) is 24.5. The monoisotopic (exact) mass is 708 g/mol. The molecular weight excluding hydrogens is 645 g/mol. The molecule has 0 fully saturated rings. The van der Waals surface area contributed by atoms with Crippen molar-refractivity contribution in [3.05, 3.63) is 72.8 Å². The molecule has 50 heavy (non-hydrogen) atoms. The fraction of sp³-hybridized carbons (Fsp3) is 0.558. The highest BCUT2D eigenvalue weighted by molar-refractivity contribution is 7.97. The van der Waals surface area contributed by atoms with Gasteiger partial charge in [-0.3, -0.25) is 0 Å². The lowest BCUT2D eigenvalue weighted by Crippen LogP contribution is -2.17. The third kappa shape index (κ3) is 18.6. The number of hydrogen-bond acceptors (Lipinski definition) is 5. The number of carbonyl (C=O) groups is 1. The predicted octanol–water partition coefficient (Wildman–Crippen LogP) is 11.9. The van der Waals surface area contributed by atoms with Crippen molar-refractivity contribution in [3.8, 4) is 17.2 Å². The highest BCUT2D eigenvalue weighted by Crippen LogP contribution is 2.45. The molecule has 3 aromatic rings. The second kappa shape index (κ2) is 28.4. The van der Waals surface area contributed by atoms with Crippen LogP contribution in [0.2, 0.25) is 0 Å². The van der Waals surface area contributed by atoms with Gasteiger partial charge in [0, 0.05) is 12.1 Å².